The molecular weight excluding hydrogens is 338 g/mol. The second kappa shape index (κ2) is 7.25. The standard InChI is InChI=1S/C18H21N3O3S/c1-11(2)12-3-5-14(6-4-12)19-18(23)21-8-7-13-9-15(17(22)20-24)25-16(13)10-21/h3-6,9,11,24H,7-8,10H2,1-2H3,(H,19,23)(H,20,22). The van der Waals surface area contributed by atoms with E-state index in [-0.39, 0.29) is 6.03 Å². The van der Waals surface area contributed by atoms with Gasteiger partial charge in [0.25, 0.3) is 5.91 Å². The normalized spacial score (nSPS) is 13.5. The van der Waals surface area contributed by atoms with Crippen LogP contribution >= 0.6 is 11.3 Å². The zero-order valence-electron chi connectivity index (χ0n) is 14.2. The molecule has 3 amide bonds. The Kier molecular flexibility index (Phi) is 5.06. The summed E-state index contributed by atoms with van der Waals surface area (Å²) in [6, 6.07) is 9.51. The Bertz CT molecular complexity index is 783. The van der Waals surface area contributed by atoms with Gasteiger partial charge in [-0.25, -0.2) is 10.3 Å². The minimum absolute atomic E-state index is 0.149. The van der Waals surface area contributed by atoms with E-state index >= 15 is 0 Å². The number of hydrogen-bond acceptors (Lipinski definition) is 4. The first-order valence-corrected chi connectivity index (χ1v) is 9.01. The van der Waals surface area contributed by atoms with Crippen molar-refractivity contribution in [3.05, 3.63) is 51.2 Å². The molecule has 0 atom stereocenters. The van der Waals surface area contributed by atoms with Crippen LogP contribution in [0.1, 0.15) is 45.4 Å². The minimum Gasteiger partial charge on any atom is -0.319 e. The van der Waals surface area contributed by atoms with Gasteiger partial charge in [-0.1, -0.05) is 26.0 Å². The molecule has 2 heterocycles. The van der Waals surface area contributed by atoms with Crippen LogP contribution in [0.3, 0.4) is 0 Å². The summed E-state index contributed by atoms with van der Waals surface area (Å²) in [5, 5.41) is 11.7. The van der Waals surface area contributed by atoms with Crippen LogP contribution in [-0.2, 0) is 13.0 Å². The van der Waals surface area contributed by atoms with Crippen LogP contribution in [0.5, 0.6) is 0 Å². The highest BCUT2D eigenvalue weighted by atomic mass is 32.1. The molecular formula is C18H21N3O3S. The molecule has 3 rings (SSSR count). The van der Waals surface area contributed by atoms with Gasteiger partial charge in [0.1, 0.15) is 0 Å². The molecule has 0 saturated heterocycles. The lowest BCUT2D eigenvalue weighted by Crippen LogP contribution is -2.38. The maximum atomic E-state index is 12.5. The molecule has 6 nitrogen and oxygen atoms in total. The summed E-state index contributed by atoms with van der Waals surface area (Å²) >= 11 is 1.31. The summed E-state index contributed by atoms with van der Waals surface area (Å²) in [7, 11) is 0. The number of nitrogens with one attached hydrogen (secondary N) is 2. The summed E-state index contributed by atoms with van der Waals surface area (Å²) in [6.45, 7) is 5.32. The van der Waals surface area contributed by atoms with Crippen LogP contribution in [-0.4, -0.2) is 28.6 Å². The number of rotatable bonds is 3. The van der Waals surface area contributed by atoms with E-state index in [1.807, 2.05) is 24.3 Å². The molecule has 0 unspecified atom stereocenters. The van der Waals surface area contributed by atoms with Crippen LogP contribution in [0.2, 0.25) is 0 Å². The highest BCUT2D eigenvalue weighted by Gasteiger charge is 2.24. The van der Waals surface area contributed by atoms with E-state index in [0.717, 1.165) is 16.1 Å². The van der Waals surface area contributed by atoms with Crippen molar-refractivity contribution in [2.24, 2.45) is 0 Å². The van der Waals surface area contributed by atoms with Crippen LogP contribution in [0, 0.1) is 0 Å². The number of nitrogens with zero attached hydrogens (tertiary/aromatic N) is 1. The molecule has 0 fully saturated rings. The molecule has 0 aliphatic carbocycles. The first-order chi connectivity index (χ1) is 12.0. The average molecular weight is 359 g/mol. The second-order valence-corrected chi connectivity index (χ2v) is 7.52. The maximum absolute atomic E-state index is 12.5. The fourth-order valence-corrected chi connectivity index (χ4v) is 3.93. The van der Waals surface area contributed by atoms with Gasteiger partial charge < -0.3 is 10.2 Å². The molecule has 3 N–H and O–H groups in total. The predicted molar refractivity (Wildman–Crippen MR) is 97.2 cm³/mol. The van der Waals surface area contributed by atoms with Gasteiger partial charge in [0.05, 0.1) is 11.4 Å². The zero-order chi connectivity index (χ0) is 18.0. The van der Waals surface area contributed by atoms with Gasteiger partial charge >= 0.3 is 6.03 Å². The first kappa shape index (κ1) is 17.4. The predicted octanol–water partition coefficient (Wildman–Crippen LogP) is 3.58. The van der Waals surface area contributed by atoms with Crippen molar-refractivity contribution in [2.75, 3.05) is 11.9 Å². The van der Waals surface area contributed by atoms with Gasteiger partial charge in [0, 0.05) is 17.1 Å². The first-order valence-electron chi connectivity index (χ1n) is 8.20. The molecule has 0 spiro atoms. The number of thiophene rings is 1. The molecule has 1 aliphatic heterocycles. The molecule has 0 saturated carbocycles. The maximum Gasteiger partial charge on any atom is 0.322 e. The molecule has 1 aromatic heterocycles. The largest absolute Gasteiger partial charge is 0.322 e. The van der Waals surface area contributed by atoms with Crippen molar-refractivity contribution in [2.45, 2.75) is 32.7 Å². The Morgan fingerprint density at radius 2 is 1.96 bits per heavy atom. The minimum atomic E-state index is -0.513. The van der Waals surface area contributed by atoms with Gasteiger partial charge in [-0.15, -0.1) is 11.3 Å². The number of hydroxylamine groups is 1. The Morgan fingerprint density at radius 1 is 1.24 bits per heavy atom. The third-order valence-electron chi connectivity index (χ3n) is 4.32. The Hall–Kier alpha value is -2.38. The van der Waals surface area contributed by atoms with Crippen molar-refractivity contribution >= 4 is 29.0 Å². The molecule has 25 heavy (non-hydrogen) atoms. The molecule has 2 aromatic rings. The summed E-state index contributed by atoms with van der Waals surface area (Å²) < 4.78 is 0. The molecule has 132 valence electrons. The summed E-state index contributed by atoms with van der Waals surface area (Å²) in [5.41, 5.74) is 4.71. The summed E-state index contributed by atoms with van der Waals surface area (Å²) in [6.07, 6.45) is 0.699. The van der Waals surface area contributed by atoms with E-state index in [1.165, 1.54) is 16.9 Å². The van der Waals surface area contributed by atoms with Crippen LogP contribution < -0.4 is 10.8 Å². The van der Waals surface area contributed by atoms with E-state index < -0.39 is 5.91 Å². The third-order valence-corrected chi connectivity index (χ3v) is 5.48. The van der Waals surface area contributed by atoms with E-state index in [9.17, 15) is 9.59 Å². The Balaban J connectivity index is 1.66. The fourth-order valence-electron chi connectivity index (χ4n) is 2.81. The third kappa shape index (κ3) is 3.83. The lowest BCUT2D eigenvalue weighted by atomic mass is 10.0. The number of carbonyl (C=O) groups is 2. The Morgan fingerprint density at radius 3 is 2.60 bits per heavy atom. The van der Waals surface area contributed by atoms with Crippen molar-refractivity contribution in [3.63, 3.8) is 0 Å². The zero-order valence-corrected chi connectivity index (χ0v) is 15.0. The van der Waals surface area contributed by atoms with Gasteiger partial charge in [0.2, 0.25) is 0 Å². The van der Waals surface area contributed by atoms with Crippen molar-refractivity contribution in [1.82, 2.24) is 10.4 Å². The van der Waals surface area contributed by atoms with E-state index in [1.54, 1.807) is 16.4 Å². The highest BCUT2D eigenvalue weighted by molar-refractivity contribution is 7.14. The number of amides is 3. The lowest BCUT2D eigenvalue weighted by molar-refractivity contribution is 0.0711. The summed E-state index contributed by atoms with van der Waals surface area (Å²) in [5.74, 6) is -0.0601. The number of anilines is 1. The van der Waals surface area contributed by atoms with Gasteiger partial charge in [0.15, 0.2) is 0 Å². The fraction of sp³-hybridized carbons (Fsp3) is 0.333. The Labute approximate surface area is 150 Å². The lowest BCUT2D eigenvalue weighted by Gasteiger charge is -2.27. The van der Waals surface area contributed by atoms with E-state index in [2.05, 4.69) is 19.2 Å². The van der Waals surface area contributed by atoms with Gasteiger partial charge in [-0.3, -0.25) is 10.0 Å². The SMILES string of the molecule is CC(C)c1ccc(NC(=O)N2CCc3cc(C(=O)NO)sc3C2)cc1. The smallest absolute Gasteiger partial charge is 0.319 e. The topological polar surface area (TPSA) is 81.7 Å². The number of urea groups is 1. The quantitative estimate of drug-likeness (QED) is 0.579. The van der Waals surface area contributed by atoms with Crippen molar-refractivity contribution < 1.29 is 14.8 Å². The number of fused-ring (bicyclic) bond motifs is 1. The monoisotopic (exact) mass is 359 g/mol. The molecule has 1 aromatic carbocycles. The number of hydrogen-bond donors (Lipinski definition) is 3. The van der Waals surface area contributed by atoms with Crippen molar-refractivity contribution in [1.29, 1.82) is 0 Å². The van der Waals surface area contributed by atoms with Gasteiger partial charge in [-0.05, 0) is 41.7 Å². The molecule has 7 heteroatoms. The second-order valence-electron chi connectivity index (χ2n) is 6.38. The van der Waals surface area contributed by atoms with Crippen molar-refractivity contribution in [3.8, 4) is 0 Å². The number of carbonyl (C=O) groups excluding carboxylic acids is 2. The average Bonchev–Trinajstić information content (AvgIpc) is 3.04. The number of benzene rings is 1. The van der Waals surface area contributed by atoms with E-state index in [0.29, 0.717) is 30.3 Å². The highest BCUT2D eigenvalue weighted by Crippen LogP contribution is 2.28. The summed E-state index contributed by atoms with van der Waals surface area (Å²) in [4.78, 5) is 27.2. The van der Waals surface area contributed by atoms with Gasteiger partial charge in [-0.2, -0.15) is 0 Å². The molecule has 1 aliphatic rings. The van der Waals surface area contributed by atoms with Crippen LogP contribution in [0.15, 0.2) is 30.3 Å². The van der Waals surface area contributed by atoms with E-state index in [4.69, 9.17) is 5.21 Å². The molecule has 0 radical (unpaired) electrons. The van der Waals surface area contributed by atoms with Crippen LogP contribution in [0.4, 0.5) is 10.5 Å². The molecule has 0 bridgehead atoms. The van der Waals surface area contributed by atoms with Crippen LogP contribution in [0.25, 0.3) is 0 Å².